The number of allylic oxidation sites excluding steroid dienone is 3. The van der Waals surface area contributed by atoms with E-state index in [9.17, 15) is 38.7 Å². The number of rotatable bonds is 40. The van der Waals surface area contributed by atoms with Gasteiger partial charge in [-0.1, -0.05) is 134 Å². The Bertz CT molecular complexity index is 4150. The number of amides is 6. The van der Waals surface area contributed by atoms with Gasteiger partial charge in [-0.25, -0.2) is 19.6 Å². The van der Waals surface area contributed by atoms with Crippen molar-refractivity contribution in [3.05, 3.63) is 184 Å². The number of anilines is 3. The fraction of sp³-hybridized carbons (Fsp3) is 0.500. The van der Waals surface area contributed by atoms with Crippen molar-refractivity contribution < 1.29 is 67.1 Å². The van der Waals surface area contributed by atoms with Gasteiger partial charge in [0.15, 0.2) is 5.72 Å². The molecule has 6 amide bonds. The molecule has 3 aliphatic heterocycles. The maximum absolute atomic E-state index is 14.5. The lowest BCUT2D eigenvalue weighted by Gasteiger charge is -2.42. The number of ether oxygens (including phenoxy) is 6. The molecule has 8 atom stereocenters. The van der Waals surface area contributed by atoms with Crippen molar-refractivity contribution in [2.45, 2.75) is 219 Å². The lowest BCUT2D eigenvalue weighted by molar-refractivity contribution is -0.162. The van der Waals surface area contributed by atoms with Crippen molar-refractivity contribution in [2.24, 2.45) is 5.92 Å². The molecule has 4 aromatic heterocycles. The van der Waals surface area contributed by atoms with Gasteiger partial charge >= 0.3 is 12.1 Å². The quantitative estimate of drug-likeness (QED) is 0.0103. The van der Waals surface area contributed by atoms with Crippen molar-refractivity contribution in [3.63, 3.8) is 0 Å². The van der Waals surface area contributed by atoms with Crippen LogP contribution in [0.4, 0.5) is 22.1 Å². The van der Waals surface area contributed by atoms with Crippen LogP contribution in [0.1, 0.15) is 171 Å². The first-order valence-electron chi connectivity index (χ1n) is 39.7. The van der Waals surface area contributed by atoms with E-state index in [0.717, 1.165) is 83.6 Å². The first-order valence-corrected chi connectivity index (χ1v) is 42.6. The summed E-state index contributed by atoms with van der Waals surface area (Å²) >= 11 is 6.89. The molecule has 26 nitrogen and oxygen atoms in total. The van der Waals surface area contributed by atoms with Crippen LogP contribution in [0.25, 0.3) is 0 Å². The SMILES string of the molecule is CCCCCC(=O)Nc1cccc(CN(Cc2cc(CN(Cc3ccccn3)Cc3cccc(NC(=O)CCCCC)n3)cc(OCCCCNC(=O)CCSSCCC(=O)N(C)[C@H](C)C(=O)O[C@H]3CC(=O)N(C)c4cc(cc(OC)c4Cl)C/C(C)=C/C=C\[C@H](OC)[C@]4(O)CC(OC(=O)N4)[C@H](C)C4O[C@@]43C)c2)Cc2ccccn2)n1. The second-order valence-corrected chi connectivity index (χ2v) is 33.0. The van der Waals surface area contributed by atoms with Gasteiger partial charge in [-0.15, -0.1) is 0 Å². The number of aliphatic hydroxyl groups is 1. The largest absolute Gasteiger partial charge is 0.495 e. The van der Waals surface area contributed by atoms with Crippen LogP contribution < -0.4 is 35.6 Å². The average Bonchev–Trinajstić information content (AvgIpc) is 1.57. The predicted molar refractivity (Wildman–Crippen MR) is 448 cm³/mol. The van der Waals surface area contributed by atoms with Crippen LogP contribution >= 0.6 is 33.2 Å². The van der Waals surface area contributed by atoms with E-state index in [1.54, 1.807) is 64.5 Å². The Morgan fingerprint density at radius 2 is 1.34 bits per heavy atom. The molecule has 9 rings (SSSR count). The number of unbranched alkanes of at least 4 members (excludes halogenated alkanes) is 5. The van der Waals surface area contributed by atoms with Gasteiger partial charge in [0.05, 0.1) is 54.7 Å². The number of aromatic nitrogens is 4. The molecule has 2 fully saturated rings. The highest BCUT2D eigenvalue weighted by molar-refractivity contribution is 8.76. The highest BCUT2D eigenvalue weighted by Gasteiger charge is 2.64. The Morgan fingerprint density at radius 1 is 0.748 bits per heavy atom. The second-order valence-electron chi connectivity index (χ2n) is 29.9. The third-order valence-electron chi connectivity index (χ3n) is 20.6. The molecule has 0 spiro atoms. The molecular weight excluding hydrogens is 1520 g/mol. The average molecular weight is 1640 g/mol. The Labute approximate surface area is 689 Å². The molecule has 2 unspecified atom stereocenters. The Morgan fingerprint density at radius 3 is 1.91 bits per heavy atom. The maximum Gasteiger partial charge on any atom is 0.409 e. The molecule has 4 bridgehead atoms. The normalized spacial score (nSPS) is 20.5. The molecule has 3 aliphatic rings. The number of carbonyl (C=O) groups is 7. The van der Waals surface area contributed by atoms with Crippen molar-refractivity contribution >= 4 is 92.1 Å². The minimum atomic E-state index is -1.88. The molecule has 620 valence electrons. The van der Waals surface area contributed by atoms with Crippen LogP contribution in [0.5, 0.6) is 11.5 Å². The van der Waals surface area contributed by atoms with Crippen molar-refractivity contribution in [3.8, 4) is 11.5 Å². The van der Waals surface area contributed by atoms with Crippen LogP contribution in [0.2, 0.25) is 5.02 Å². The molecule has 0 radical (unpaired) electrons. The Kier molecular flexibility index (Phi) is 35.1. The zero-order valence-corrected chi connectivity index (χ0v) is 70.3. The molecule has 115 heavy (non-hydrogen) atoms. The number of nitrogens with zero attached hydrogens (tertiary/aromatic N) is 8. The highest BCUT2D eigenvalue weighted by Crippen LogP contribution is 2.49. The van der Waals surface area contributed by atoms with Crippen molar-refractivity contribution in [2.75, 3.05) is 68.5 Å². The summed E-state index contributed by atoms with van der Waals surface area (Å²) in [6.45, 7) is 14.9. The second kappa shape index (κ2) is 44.9. The van der Waals surface area contributed by atoms with Crippen molar-refractivity contribution in [1.29, 1.82) is 0 Å². The third-order valence-corrected chi connectivity index (χ3v) is 23.4. The number of hydrogen-bond acceptors (Lipinski definition) is 22. The monoisotopic (exact) mass is 1640 g/mol. The van der Waals surface area contributed by atoms with Gasteiger partial charge in [-0.05, 0) is 142 Å². The smallest absolute Gasteiger partial charge is 0.409 e. The van der Waals surface area contributed by atoms with E-state index in [2.05, 4.69) is 63.1 Å². The summed E-state index contributed by atoms with van der Waals surface area (Å²) in [5.74, 6) is 0.530. The molecule has 29 heteroatoms. The maximum atomic E-state index is 14.5. The fourth-order valence-corrected chi connectivity index (χ4v) is 16.3. The summed E-state index contributed by atoms with van der Waals surface area (Å²) in [5, 5.41) is 23.7. The van der Waals surface area contributed by atoms with Gasteiger partial charge in [0.2, 0.25) is 29.5 Å². The number of methoxy groups -OCH3 is 2. The molecule has 2 aromatic carbocycles. The molecular formula is C86H113ClN12O14S2. The minimum absolute atomic E-state index is 0.0613. The Hall–Kier alpha value is -9.00. The number of esters is 1. The van der Waals surface area contributed by atoms with E-state index in [-0.39, 0.29) is 54.3 Å². The summed E-state index contributed by atoms with van der Waals surface area (Å²) in [6.07, 6.45) is 12.2. The number of hydrogen-bond donors (Lipinski definition) is 5. The van der Waals surface area contributed by atoms with Crippen LogP contribution in [0.3, 0.4) is 0 Å². The number of benzene rings is 2. The number of likely N-dealkylation sites (N-methyl/N-ethyl adjacent to an activating group) is 1. The van der Waals surface area contributed by atoms with Gasteiger partial charge in [0.1, 0.15) is 58.1 Å². The van der Waals surface area contributed by atoms with E-state index >= 15 is 0 Å². The van der Waals surface area contributed by atoms with Gasteiger partial charge in [-0.3, -0.25) is 49.1 Å². The lowest BCUT2D eigenvalue weighted by atomic mass is 9.83. The minimum Gasteiger partial charge on any atom is -0.495 e. The van der Waals surface area contributed by atoms with E-state index < -0.39 is 65.7 Å². The number of epoxide rings is 1. The topological polar surface area (TPSA) is 311 Å². The summed E-state index contributed by atoms with van der Waals surface area (Å²) in [4.78, 5) is 121. The molecule has 6 aromatic rings. The summed E-state index contributed by atoms with van der Waals surface area (Å²) < 4.78 is 36.4. The van der Waals surface area contributed by atoms with Crippen LogP contribution in [-0.4, -0.2) is 176 Å². The van der Waals surface area contributed by atoms with Crippen LogP contribution in [-0.2, 0) is 93.4 Å². The number of pyridine rings is 4. The zero-order valence-electron chi connectivity index (χ0n) is 67.9. The molecule has 5 N–H and O–H groups in total. The fourth-order valence-electron chi connectivity index (χ4n) is 14.0. The standard InChI is InChI=1S/C86H113ClN12O14S2/c1-11-13-15-34-77(101)93-74-32-24-29-66(91-74)56-98(54-64-27-17-19-38-88-64)52-62-45-63(53-99(55-65-28-18-20-39-89-65)57-67-30-25-33-75(92-67)94-78(102)35-16-14-12-2)47-68(46-62)110-41-22-21-40-90-76(100)36-42-114-115-43-37-79(103)96(7)60(5)83(105)112-73-50-80(104)97(8)69-48-61(49-70(108-9)81(69)87)44-58(3)26-23-31-72(109-10)86(107)51-71(111-84(106)95-86)59(4)82-85(73,6)113-82/h17-20,23-33,38-39,45-49,59-60,71-73,82,107H,11-16,21-22,34-37,40-44,50-57H2,1-10H3,(H,90,100)(H,95,106)(H,91,93,101)(H,92,94,102)/b31-23-,58-26+/t59-,60+,71?,72-,73-,82?,85+,86+/m0/s1. The third kappa shape index (κ3) is 27.8. The summed E-state index contributed by atoms with van der Waals surface area (Å²) in [5.41, 5.74) is 4.17. The molecule has 0 saturated carbocycles. The lowest BCUT2D eigenvalue weighted by Crippen LogP contribution is -2.63. The van der Waals surface area contributed by atoms with Gasteiger partial charge in [0.25, 0.3) is 0 Å². The van der Waals surface area contributed by atoms with Gasteiger partial charge in [0, 0.05) is 129 Å². The van der Waals surface area contributed by atoms with E-state index in [1.807, 2.05) is 85.8 Å². The van der Waals surface area contributed by atoms with Crippen LogP contribution in [0.15, 0.2) is 139 Å². The number of halogens is 1. The number of nitrogens with one attached hydrogen (secondary N) is 4. The predicted octanol–water partition coefficient (Wildman–Crippen LogP) is 13.7. The first kappa shape index (κ1) is 89.9. The number of carbonyl (C=O) groups excluding carboxylic acids is 7. The van der Waals surface area contributed by atoms with Gasteiger partial charge < -0.3 is 59.3 Å². The highest BCUT2D eigenvalue weighted by atomic mass is 35.5. The molecule has 0 aliphatic carbocycles. The summed E-state index contributed by atoms with van der Waals surface area (Å²) in [6, 6.07) is 31.9. The Balaban J connectivity index is 0.789. The molecule has 2 saturated heterocycles. The van der Waals surface area contributed by atoms with Crippen LogP contribution in [0, 0.1) is 5.92 Å². The van der Waals surface area contributed by atoms with E-state index in [1.165, 1.54) is 52.7 Å². The number of alkyl carbamates (subject to hydrolysis) is 1. The van der Waals surface area contributed by atoms with Crippen molar-refractivity contribution in [1.82, 2.24) is 45.3 Å². The number of fused-ring (bicyclic) bond motifs is 5. The molecule has 7 heterocycles. The first-order chi connectivity index (χ1) is 55.3. The zero-order chi connectivity index (χ0) is 82.4. The van der Waals surface area contributed by atoms with E-state index in [0.29, 0.717) is 125 Å². The van der Waals surface area contributed by atoms with Gasteiger partial charge in [-0.2, -0.15) is 0 Å². The summed E-state index contributed by atoms with van der Waals surface area (Å²) in [7, 11) is 8.91. The van der Waals surface area contributed by atoms with E-state index in [4.69, 9.17) is 60.0 Å².